The highest BCUT2D eigenvalue weighted by Crippen LogP contribution is 2.38. The van der Waals surface area contributed by atoms with Gasteiger partial charge in [-0.1, -0.05) is 11.6 Å². The van der Waals surface area contributed by atoms with Crippen LogP contribution in [-0.2, 0) is 4.79 Å². The van der Waals surface area contributed by atoms with Crippen LogP contribution in [0.4, 0.5) is 26.4 Å². The van der Waals surface area contributed by atoms with Crippen LogP contribution >= 0.6 is 11.6 Å². The van der Waals surface area contributed by atoms with E-state index in [2.05, 4.69) is 25.6 Å². The number of amides is 1. The second kappa shape index (κ2) is 9.54. The molecule has 1 aromatic carbocycles. The Bertz CT molecular complexity index is 1240. The molecule has 0 bridgehead atoms. The van der Waals surface area contributed by atoms with Gasteiger partial charge < -0.3 is 21.5 Å². The average molecular weight is 506 g/mol. The van der Waals surface area contributed by atoms with Crippen molar-refractivity contribution < 1.29 is 18.7 Å². The summed E-state index contributed by atoms with van der Waals surface area (Å²) in [5.41, 5.74) is 6.08. The van der Waals surface area contributed by atoms with Gasteiger partial charge in [0.15, 0.2) is 17.3 Å². The van der Waals surface area contributed by atoms with Gasteiger partial charge in [0.2, 0.25) is 17.8 Å². The summed E-state index contributed by atoms with van der Waals surface area (Å²) in [6.45, 7) is 0. The topological polar surface area (TPSA) is 131 Å². The van der Waals surface area contributed by atoms with E-state index >= 15 is 0 Å². The normalized spacial score (nSPS) is 24.6. The van der Waals surface area contributed by atoms with Crippen LogP contribution in [0, 0.1) is 17.6 Å². The van der Waals surface area contributed by atoms with Gasteiger partial charge in [0.05, 0.1) is 12.3 Å². The van der Waals surface area contributed by atoms with Gasteiger partial charge in [-0.25, -0.2) is 18.7 Å². The third-order valence-corrected chi connectivity index (χ3v) is 7.10. The molecule has 3 aromatic rings. The van der Waals surface area contributed by atoms with E-state index in [4.69, 9.17) is 17.3 Å². The van der Waals surface area contributed by atoms with Gasteiger partial charge in [-0.2, -0.15) is 4.98 Å². The molecule has 5 N–H and O–H groups in total. The molecule has 12 heteroatoms. The van der Waals surface area contributed by atoms with E-state index in [0.29, 0.717) is 55.6 Å². The number of aromatic nitrogens is 4. The first-order valence-corrected chi connectivity index (χ1v) is 12.1. The molecule has 35 heavy (non-hydrogen) atoms. The first-order chi connectivity index (χ1) is 16.8. The zero-order valence-electron chi connectivity index (χ0n) is 18.8. The molecule has 2 atom stereocenters. The molecule has 0 aliphatic heterocycles. The highest BCUT2D eigenvalue weighted by molar-refractivity contribution is 6.30. The molecule has 186 valence electrons. The van der Waals surface area contributed by atoms with Crippen molar-refractivity contribution in [3.63, 3.8) is 0 Å². The summed E-state index contributed by atoms with van der Waals surface area (Å²) >= 11 is 5.77. The quantitative estimate of drug-likeness (QED) is 0.397. The molecule has 1 amide bonds. The Hall–Kier alpha value is -3.05. The summed E-state index contributed by atoms with van der Waals surface area (Å²) in [7, 11) is 0. The first kappa shape index (κ1) is 23.7. The zero-order chi connectivity index (χ0) is 24.7. The lowest BCUT2D eigenvalue weighted by Gasteiger charge is -2.29. The number of nitrogens with one attached hydrogen (secondary N) is 2. The largest absolute Gasteiger partial charge is 0.393 e. The van der Waals surface area contributed by atoms with Crippen LogP contribution in [0.15, 0.2) is 18.3 Å². The van der Waals surface area contributed by atoms with Crippen molar-refractivity contribution in [3.8, 4) is 0 Å². The fourth-order valence-corrected chi connectivity index (χ4v) is 5.25. The smallest absolute Gasteiger partial charge is 0.224 e. The van der Waals surface area contributed by atoms with Crippen molar-refractivity contribution in [1.29, 1.82) is 0 Å². The number of hydrogen-bond donors (Lipinski definition) is 4. The monoisotopic (exact) mass is 505 g/mol. The molecule has 2 fully saturated rings. The number of nitrogens with two attached hydrogens (primary N) is 1. The highest BCUT2D eigenvalue weighted by atomic mass is 35.5. The summed E-state index contributed by atoms with van der Waals surface area (Å²) in [5.74, 6) is -1.62. The van der Waals surface area contributed by atoms with Crippen LogP contribution < -0.4 is 16.4 Å². The van der Waals surface area contributed by atoms with E-state index in [0.717, 1.165) is 18.6 Å². The third kappa shape index (κ3) is 4.87. The van der Waals surface area contributed by atoms with Crippen LogP contribution in [0.2, 0.25) is 5.02 Å². The minimum Gasteiger partial charge on any atom is -0.393 e. The number of aliphatic hydroxyl groups is 1. The summed E-state index contributed by atoms with van der Waals surface area (Å²) in [5, 5.41) is 15.8. The number of primary amides is 1. The standard InChI is InChI=1S/C23H26ClF2N7O2/c24-12-7-16(25)19(17(26)8-12)31-23-30-18-10-28-22(29-13-3-6-15(34)9-13)32-21(18)33(23)14-4-1-11(2-5-14)20(27)35/h7-8,10-11,13-15,34H,1-6,9H2,(H2,27,35)(H,30,31)(H,28,29,32)/t11?,13-,14?,15+/m1/s1. The number of carbonyl (C=O) groups excluding carboxylic acids is 1. The summed E-state index contributed by atoms with van der Waals surface area (Å²) in [6.07, 6.45) is 5.79. The SMILES string of the molecule is NC(=O)C1CCC(n2c(Nc3c(F)cc(Cl)cc3F)nc3cnc(N[C@@H]4CC[C@H](O)C4)nc32)CC1. The van der Waals surface area contributed by atoms with Gasteiger partial charge in [0.1, 0.15) is 11.2 Å². The molecule has 5 rings (SSSR count). The van der Waals surface area contributed by atoms with Gasteiger partial charge in [0, 0.05) is 23.0 Å². The average Bonchev–Trinajstić information content (AvgIpc) is 3.38. The van der Waals surface area contributed by atoms with Crippen molar-refractivity contribution in [2.24, 2.45) is 11.7 Å². The molecule has 2 saturated carbocycles. The summed E-state index contributed by atoms with van der Waals surface area (Å²) in [6, 6.07) is 1.98. The molecule has 2 aliphatic rings. The van der Waals surface area contributed by atoms with Gasteiger partial charge in [-0.3, -0.25) is 9.36 Å². The predicted molar refractivity (Wildman–Crippen MR) is 127 cm³/mol. The van der Waals surface area contributed by atoms with Gasteiger partial charge in [-0.05, 0) is 57.1 Å². The van der Waals surface area contributed by atoms with Crippen molar-refractivity contribution >= 4 is 46.3 Å². The minimum atomic E-state index is -0.848. The Labute approximate surface area is 205 Å². The Morgan fingerprint density at radius 3 is 2.46 bits per heavy atom. The second-order valence-electron chi connectivity index (χ2n) is 9.29. The van der Waals surface area contributed by atoms with E-state index in [1.807, 2.05) is 4.57 Å². The Morgan fingerprint density at radius 1 is 1.11 bits per heavy atom. The molecule has 9 nitrogen and oxygen atoms in total. The maximum absolute atomic E-state index is 14.6. The van der Waals surface area contributed by atoms with Crippen LogP contribution in [0.3, 0.4) is 0 Å². The van der Waals surface area contributed by atoms with Crippen molar-refractivity contribution in [3.05, 3.63) is 35.0 Å². The maximum atomic E-state index is 14.6. The van der Waals surface area contributed by atoms with Gasteiger partial charge >= 0.3 is 0 Å². The second-order valence-corrected chi connectivity index (χ2v) is 9.73. The fraction of sp³-hybridized carbons (Fsp3) is 0.478. The first-order valence-electron chi connectivity index (χ1n) is 11.7. The fourth-order valence-electron chi connectivity index (χ4n) is 5.06. The third-order valence-electron chi connectivity index (χ3n) is 6.88. The number of halogens is 3. The predicted octanol–water partition coefficient (Wildman–Crippen LogP) is 4.04. The Balaban J connectivity index is 1.52. The summed E-state index contributed by atoms with van der Waals surface area (Å²) < 4.78 is 30.9. The van der Waals surface area contributed by atoms with Gasteiger partial charge in [-0.15, -0.1) is 0 Å². The van der Waals surface area contributed by atoms with E-state index in [9.17, 15) is 18.7 Å². The van der Waals surface area contributed by atoms with Gasteiger partial charge in [0.25, 0.3) is 0 Å². The Kier molecular flexibility index (Phi) is 6.45. The van der Waals surface area contributed by atoms with Crippen molar-refractivity contribution in [2.75, 3.05) is 10.6 Å². The number of nitrogens with zero attached hydrogens (tertiary/aromatic N) is 4. The molecule has 0 saturated heterocycles. The van der Waals surface area contributed by atoms with E-state index in [1.54, 1.807) is 6.20 Å². The lowest BCUT2D eigenvalue weighted by atomic mass is 9.85. The summed E-state index contributed by atoms with van der Waals surface area (Å²) in [4.78, 5) is 25.2. The number of benzene rings is 1. The maximum Gasteiger partial charge on any atom is 0.224 e. The molecule has 0 radical (unpaired) electrons. The number of hydrogen-bond acceptors (Lipinski definition) is 7. The van der Waals surface area contributed by atoms with Crippen molar-refractivity contribution in [1.82, 2.24) is 19.5 Å². The number of rotatable bonds is 6. The molecule has 2 aromatic heterocycles. The molecule has 0 unspecified atom stereocenters. The highest BCUT2D eigenvalue weighted by Gasteiger charge is 2.30. The number of anilines is 3. The molecule has 2 aliphatic carbocycles. The lowest BCUT2D eigenvalue weighted by Crippen LogP contribution is -2.29. The van der Waals surface area contributed by atoms with E-state index in [-0.39, 0.29) is 46.7 Å². The molecule has 2 heterocycles. The Morgan fingerprint density at radius 2 is 1.83 bits per heavy atom. The number of carbonyl (C=O) groups is 1. The molecular formula is C23H26ClF2N7O2. The number of imidazole rings is 1. The number of fused-ring (bicyclic) bond motifs is 1. The van der Waals surface area contributed by atoms with Crippen molar-refractivity contribution in [2.45, 2.75) is 63.1 Å². The zero-order valence-corrected chi connectivity index (χ0v) is 19.6. The van der Waals surface area contributed by atoms with Crippen LogP contribution in [0.25, 0.3) is 11.2 Å². The lowest BCUT2D eigenvalue weighted by molar-refractivity contribution is -0.122. The van der Waals surface area contributed by atoms with E-state index < -0.39 is 11.6 Å². The van der Waals surface area contributed by atoms with Crippen LogP contribution in [0.5, 0.6) is 0 Å². The minimum absolute atomic E-state index is 0.0533. The van der Waals surface area contributed by atoms with Crippen LogP contribution in [0.1, 0.15) is 51.0 Å². The molecule has 0 spiro atoms. The molecular weight excluding hydrogens is 480 g/mol. The van der Waals surface area contributed by atoms with Crippen LogP contribution in [-0.4, -0.2) is 42.7 Å². The number of aliphatic hydroxyl groups excluding tert-OH is 1. The van der Waals surface area contributed by atoms with E-state index in [1.165, 1.54) is 0 Å².